The van der Waals surface area contributed by atoms with Crippen LogP contribution < -0.4 is 5.32 Å². The van der Waals surface area contributed by atoms with Crippen LogP contribution >= 0.6 is 0 Å². The van der Waals surface area contributed by atoms with E-state index in [4.69, 9.17) is 4.74 Å². The Hall–Kier alpha value is -1.66. The summed E-state index contributed by atoms with van der Waals surface area (Å²) >= 11 is 0. The first-order valence-electron chi connectivity index (χ1n) is 32.1. The van der Waals surface area contributed by atoms with Crippen LogP contribution in [-0.2, 0) is 14.3 Å². The molecule has 6 nitrogen and oxygen atoms in total. The number of carbonyl (C=O) groups excluding carboxylic acids is 2. The summed E-state index contributed by atoms with van der Waals surface area (Å²) in [4.78, 5) is 24.6. The predicted molar refractivity (Wildman–Crippen MR) is 310 cm³/mol. The first-order valence-corrected chi connectivity index (χ1v) is 32.1. The molecule has 0 aliphatic rings. The molecule has 71 heavy (non-hydrogen) atoms. The van der Waals surface area contributed by atoms with Gasteiger partial charge in [0.05, 0.1) is 25.4 Å². The fourth-order valence-corrected chi connectivity index (χ4v) is 10.0. The van der Waals surface area contributed by atoms with Crippen molar-refractivity contribution in [3.8, 4) is 0 Å². The molecule has 0 rings (SSSR count). The summed E-state index contributed by atoms with van der Waals surface area (Å²) in [6, 6.07) is -0.549. The third kappa shape index (κ3) is 57.5. The molecule has 0 saturated carbocycles. The van der Waals surface area contributed by atoms with E-state index in [0.717, 1.165) is 44.9 Å². The van der Waals surface area contributed by atoms with Crippen molar-refractivity contribution in [3.05, 3.63) is 24.3 Å². The average Bonchev–Trinajstić information content (AvgIpc) is 3.37. The molecule has 0 spiro atoms. The Morgan fingerprint density at radius 2 is 0.662 bits per heavy atom. The number of allylic oxidation sites excluding steroid dienone is 4. The largest absolute Gasteiger partial charge is 0.466 e. The molecule has 0 aliphatic heterocycles. The van der Waals surface area contributed by atoms with Crippen molar-refractivity contribution >= 4 is 11.9 Å². The fraction of sp³-hybridized carbons (Fsp3) is 0.908. The number of nitrogens with one attached hydrogen (secondary N) is 1. The minimum Gasteiger partial charge on any atom is -0.466 e. The zero-order chi connectivity index (χ0) is 51.4. The molecule has 0 bridgehead atoms. The Morgan fingerprint density at radius 3 is 1.00 bits per heavy atom. The van der Waals surface area contributed by atoms with Crippen molar-refractivity contribution in [2.45, 2.75) is 366 Å². The molecule has 6 heteroatoms. The van der Waals surface area contributed by atoms with E-state index >= 15 is 0 Å². The smallest absolute Gasteiger partial charge is 0.305 e. The molecule has 0 heterocycles. The van der Waals surface area contributed by atoms with Crippen molar-refractivity contribution in [3.63, 3.8) is 0 Å². The molecule has 1 amide bonds. The molecule has 0 saturated heterocycles. The summed E-state index contributed by atoms with van der Waals surface area (Å²) in [5.74, 6) is -0.0404. The average molecular weight is 1000 g/mol. The minimum absolute atomic E-state index is 0.00172. The van der Waals surface area contributed by atoms with Crippen LogP contribution in [0.4, 0.5) is 0 Å². The first kappa shape index (κ1) is 69.3. The third-order valence-corrected chi connectivity index (χ3v) is 15.0. The van der Waals surface area contributed by atoms with Crippen molar-refractivity contribution < 1.29 is 24.5 Å². The quantitative estimate of drug-likeness (QED) is 0.0320. The van der Waals surface area contributed by atoms with Gasteiger partial charge < -0.3 is 20.3 Å². The molecule has 0 aromatic carbocycles. The van der Waals surface area contributed by atoms with E-state index in [-0.39, 0.29) is 18.5 Å². The molecule has 0 radical (unpaired) electrons. The lowest BCUT2D eigenvalue weighted by molar-refractivity contribution is -0.143. The molecule has 0 aromatic rings. The van der Waals surface area contributed by atoms with Crippen LogP contribution in [0.1, 0.15) is 354 Å². The molecule has 0 aliphatic carbocycles. The summed E-state index contributed by atoms with van der Waals surface area (Å²) in [6.07, 6.45) is 74.7. The number of amides is 1. The fourth-order valence-electron chi connectivity index (χ4n) is 10.0. The maximum absolute atomic E-state index is 12.5. The van der Waals surface area contributed by atoms with Crippen LogP contribution in [-0.4, -0.2) is 47.4 Å². The predicted octanol–water partition coefficient (Wildman–Crippen LogP) is 20.2. The second-order valence-electron chi connectivity index (χ2n) is 22.1. The highest BCUT2D eigenvalue weighted by Gasteiger charge is 2.20. The number of ether oxygens (including phenoxy) is 1. The van der Waals surface area contributed by atoms with Gasteiger partial charge in [-0.25, -0.2) is 0 Å². The molecule has 2 atom stereocenters. The molecule has 0 fully saturated rings. The van der Waals surface area contributed by atoms with Gasteiger partial charge in [-0.1, -0.05) is 289 Å². The van der Waals surface area contributed by atoms with E-state index in [0.29, 0.717) is 25.9 Å². The Morgan fingerprint density at radius 1 is 0.380 bits per heavy atom. The van der Waals surface area contributed by atoms with Crippen LogP contribution in [0.3, 0.4) is 0 Å². The summed E-state index contributed by atoms with van der Waals surface area (Å²) in [5.41, 5.74) is 0. The second-order valence-corrected chi connectivity index (χ2v) is 22.1. The van der Waals surface area contributed by atoms with Crippen LogP contribution in [0.5, 0.6) is 0 Å². The molecule has 3 N–H and O–H groups in total. The lowest BCUT2D eigenvalue weighted by atomic mass is 10.0. The van der Waals surface area contributed by atoms with Gasteiger partial charge >= 0.3 is 5.97 Å². The van der Waals surface area contributed by atoms with Gasteiger partial charge in [-0.2, -0.15) is 0 Å². The number of hydrogen-bond acceptors (Lipinski definition) is 5. The SMILES string of the molecule is CCCCCCCCC/C=C\CCCCCCCCCC(=O)OCCCCCCCCCC/C=C\CCCCCCCCCC(=O)NC(CO)C(O)CCCCCCCCCCCCCCCCCCC. The normalized spacial score (nSPS) is 12.7. The third-order valence-electron chi connectivity index (χ3n) is 15.0. The molecule has 420 valence electrons. The summed E-state index contributed by atoms with van der Waals surface area (Å²) in [6.45, 7) is 4.96. The Bertz CT molecular complexity index is 1110. The lowest BCUT2D eigenvalue weighted by Crippen LogP contribution is -2.45. The van der Waals surface area contributed by atoms with Crippen LogP contribution in [0, 0.1) is 0 Å². The molecule has 0 aromatic heterocycles. The van der Waals surface area contributed by atoms with Gasteiger partial charge in [0.2, 0.25) is 5.91 Å². The second kappa shape index (κ2) is 60.9. The number of hydrogen-bond donors (Lipinski definition) is 3. The van der Waals surface area contributed by atoms with Crippen molar-refractivity contribution in [2.24, 2.45) is 0 Å². The van der Waals surface area contributed by atoms with Gasteiger partial charge in [-0.3, -0.25) is 9.59 Å². The van der Waals surface area contributed by atoms with Crippen LogP contribution in [0.15, 0.2) is 24.3 Å². The highest BCUT2D eigenvalue weighted by molar-refractivity contribution is 5.76. The zero-order valence-electron chi connectivity index (χ0n) is 48.0. The lowest BCUT2D eigenvalue weighted by Gasteiger charge is -2.22. The summed E-state index contributed by atoms with van der Waals surface area (Å²) < 4.78 is 5.49. The standard InChI is InChI=1S/C65H125NO5/c1-3-5-7-9-11-13-15-17-19-21-27-31-35-39-43-47-51-55-59-65(70)71-60-56-52-48-44-40-36-32-28-24-22-23-26-30-34-38-42-46-50-54-58-64(69)66-62(61-67)63(68)57-53-49-45-41-37-33-29-25-20-18-16-14-12-10-8-6-4-2/h19,21-23,62-63,67-68H,3-18,20,24-61H2,1-2H3,(H,66,69)/b21-19-,23-22-. The van der Waals surface area contributed by atoms with E-state index in [1.807, 2.05) is 0 Å². The van der Waals surface area contributed by atoms with Gasteiger partial charge in [-0.05, 0) is 77.0 Å². The number of esters is 1. The molecular formula is C65H125NO5. The Labute approximate surface area is 443 Å². The summed E-state index contributed by atoms with van der Waals surface area (Å²) in [5, 5.41) is 23.3. The van der Waals surface area contributed by atoms with Gasteiger partial charge in [-0.15, -0.1) is 0 Å². The van der Waals surface area contributed by atoms with Crippen LogP contribution in [0.25, 0.3) is 0 Å². The van der Waals surface area contributed by atoms with Gasteiger partial charge in [0.15, 0.2) is 0 Å². The first-order chi connectivity index (χ1) is 35.0. The Kier molecular flexibility index (Phi) is 59.5. The minimum atomic E-state index is -0.671. The zero-order valence-corrected chi connectivity index (χ0v) is 48.0. The number of unbranched alkanes of at least 4 members (excludes halogenated alkanes) is 45. The monoisotopic (exact) mass is 1000 g/mol. The van der Waals surface area contributed by atoms with E-state index in [1.165, 1.54) is 276 Å². The van der Waals surface area contributed by atoms with Gasteiger partial charge in [0, 0.05) is 12.8 Å². The number of carbonyl (C=O) groups is 2. The molecule has 2 unspecified atom stereocenters. The maximum Gasteiger partial charge on any atom is 0.305 e. The van der Waals surface area contributed by atoms with Crippen molar-refractivity contribution in [1.82, 2.24) is 5.32 Å². The number of aliphatic hydroxyl groups is 2. The Balaban J connectivity index is 3.42. The van der Waals surface area contributed by atoms with Crippen molar-refractivity contribution in [1.29, 1.82) is 0 Å². The maximum atomic E-state index is 12.5. The molecular weight excluding hydrogens is 875 g/mol. The van der Waals surface area contributed by atoms with E-state index in [1.54, 1.807) is 0 Å². The number of aliphatic hydroxyl groups excluding tert-OH is 2. The van der Waals surface area contributed by atoms with E-state index in [9.17, 15) is 19.8 Å². The number of rotatable bonds is 60. The van der Waals surface area contributed by atoms with E-state index < -0.39 is 12.1 Å². The van der Waals surface area contributed by atoms with E-state index in [2.05, 4.69) is 43.5 Å². The topological polar surface area (TPSA) is 95.9 Å². The highest BCUT2D eigenvalue weighted by Crippen LogP contribution is 2.18. The highest BCUT2D eigenvalue weighted by atomic mass is 16.5. The van der Waals surface area contributed by atoms with Crippen molar-refractivity contribution in [2.75, 3.05) is 13.2 Å². The van der Waals surface area contributed by atoms with Gasteiger partial charge in [0.25, 0.3) is 0 Å². The van der Waals surface area contributed by atoms with Gasteiger partial charge in [0.1, 0.15) is 0 Å². The summed E-state index contributed by atoms with van der Waals surface area (Å²) in [7, 11) is 0. The van der Waals surface area contributed by atoms with Crippen LogP contribution in [0.2, 0.25) is 0 Å².